The van der Waals surface area contributed by atoms with Crippen LogP contribution in [-0.4, -0.2) is 33.7 Å². The fraction of sp³-hybridized carbons (Fsp3) is 0.350. The molecule has 1 saturated carbocycles. The molecule has 3 aromatic rings. The normalized spacial score (nSPS) is 15.0. The molecule has 0 unspecified atom stereocenters. The number of carbonyl (C=O) groups is 1. The average molecular weight is 368 g/mol. The highest BCUT2D eigenvalue weighted by Crippen LogP contribution is 2.33. The molecule has 140 valence electrons. The molecule has 0 saturated heterocycles. The molecular weight excluding hydrogens is 347 g/mol. The topological polar surface area (TPSA) is 68.5 Å². The van der Waals surface area contributed by atoms with Crippen molar-refractivity contribution in [3.63, 3.8) is 0 Å². The van der Waals surface area contributed by atoms with Crippen molar-refractivity contribution in [2.75, 3.05) is 7.11 Å². The van der Waals surface area contributed by atoms with Crippen molar-refractivity contribution >= 4 is 11.6 Å². The molecule has 1 aromatic carbocycles. The first-order valence-electron chi connectivity index (χ1n) is 8.98. The molecule has 1 aliphatic rings. The Balaban J connectivity index is 1.78. The monoisotopic (exact) mass is 368 g/mol. The van der Waals surface area contributed by atoms with Gasteiger partial charge < -0.3 is 10.1 Å². The van der Waals surface area contributed by atoms with Gasteiger partial charge in [-0.05, 0) is 50.8 Å². The summed E-state index contributed by atoms with van der Waals surface area (Å²) in [6, 6.07) is 6.61. The van der Waals surface area contributed by atoms with Crippen LogP contribution in [-0.2, 0) is 0 Å². The van der Waals surface area contributed by atoms with Crippen molar-refractivity contribution < 1.29 is 13.9 Å². The fourth-order valence-electron chi connectivity index (χ4n) is 3.33. The maximum absolute atomic E-state index is 14.1. The molecule has 0 spiro atoms. The van der Waals surface area contributed by atoms with Gasteiger partial charge in [-0.2, -0.15) is 5.10 Å². The van der Waals surface area contributed by atoms with Crippen LogP contribution in [0.4, 0.5) is 4.39 Å². The number of hydrogen-bond donors (Lipinski definition) is 1. The van der Waals surface area contributed by atoms with Gasteiger partial charge in [0.1, 0.15) is 5.56 Å². The van der Waals surface area contributed by atoms with E-state index in [1.165, 1.54) is 19.4 Å². The summed E-state index contributed by atoms with van der Waals surface area (Å²) >= 11 is 0. The molecule has 0 radical (unpaired) electrons. The smallest absolute Gasteiger partial charge is 0.256 e. The molecule has 0 bridgehead atoms. The maximum atomic E-state index is 14.1. The van der Waals surface area contributed by atoms with Crippen LogP contribution in [0.2, 0.25) is 0 Å². The zero-order chi connectivity index (χ0) is 19.1. The number of amides is 1. The van der Waals surface area contributed by atoms with Crippen molar-refractivity contribution in [3.8, 4) is 17.0 Å². The van der Waals surface area contributed by atoms with Gasteiger partial charge in [-0.25, -0.2) is 13.9 Å². The second-order valence-electron chi connectivity index (χ2n) is 7.00. The van der Waals surface area contributed by atoms with Gasteiger partial charge >= 0.3 is 0 Å². The number of nitrogens with zero attached hydrogens (tertiary/aromatic N) is 3. The van der Waals surface area contributed by atoms with Gasteiger partial charge in [0.2, 0.25) is 0 Å². The van der Waals surface area contributed by atoms with E-state index in [4.69, 9.17) is 4.74 Å². The van der Waals surface area contributed by atoms with Gasteiger partial charge in [0.25, 0.3) is 5.91 Å². The lowest BCUT2D eigenvalue weighted by Crippen LogP contribution is -2.34. The van der Waals surface area contributed by atoms with E-state index in [2.05, 4.69) is 15.4 Å². The number of hydrogen-bond acceptors (Lipinski definition) is 4. The lowest BCUT2D eigenvalue weighted by molar-refractivity contribution is 0.0937. The SMILES string of the molecule is COc1c(F)cccc1-c1cc(C)n2ncc(C(=O)N[C@@H](C)C3CC3)c2n1. The van der Waals surface area contributed by atoms with E-state index in [-0.39, 0.29) is 17.7 Å². The summed E-state index contributed by atoms with van der Waals surface area (Å²) < 4.78 is 20.9. The van der Waals surface area contributed by atoms with E-state index in [0.717, 1.165) is 18.5 Å². The van der Waals surface area contributed by atoms with Crippen LogP contribution < -0.4 is 10.1 Å². The highest BCUT2D eigenvalue weighted by molar-refractivity contribution is 6.00. The summed E-state index contributed by atoms with van der Waals surface area (Å²) in [5, 5.41) is 7.32. The number of halogens is 1. The van der Waals surface area contributed by atoms with Crippen molar-refractivity contribution in [1.82, 2.24) is 19.9 Å². The summed E-state index contributed by atoms with van der Waals surface area (Å²) in [5.41, 5.74) is 2.69. The van der Waals surface area contributed by atoms with Crippen molar-refractivity contribution in [2.24, 2.45) is 5.92 Å². The molecule has 4 rings (SSSR count). The second-order valence-corrected chi connectivity index (χ2v) is 7.00. The summed E-state index contributed by atoms with van der Waals surface area (Å²) in [6.07, 6.45) is 3.82. The zero-order valence-electron chi connectivity index (χ0n) is 15.5. The molecule has 7 heteroatoms. The second kappa shape index (κ2) is 6.64. The number of nitrogens with one attached hydrogen (secondary N) is 1. The Labute approximate surface area is 156 Å². The minimum Gasteiger partial charge on any atom is -0.493 e. The van der Waals surface area contributed by atoms with Gasteiger partial charge in [-0.1, -0.05) is 6.07 Å². The van der Waals surface area contributed by atoms with Crippen LogP contribution >= 0.6 is 0 Å². The first-order chi connectivity index (χ1) is 13.0. The van der Waals surface area contributed by atoms with E-state index in [9.17, 15) is 9.18 Å². The van der Waals surface area contributed by atoms with Crippen LogP contribution in [0.15, 0.2) is 30.5 Å². The van der Waals surface area contributed by atoms with Crippen LogP contribution in [0.5, 0.6) is 5.75 Å². The molecule has 1 amide bonds. The van der Waals surface area contributed by atoms with Crippen LogP contribution in [0.3, 0.4) is 0 Å². The minimum absolute atomic E-state index is 0.125. The van der Waals surface area contributed by atoms with Crippen molar-refractivity contribution in [1.29, 1.82) is 0 Å². The van der Waals surface area contributed by atoms with Gasteiger partial charge in [0.05, 0.1) is 19.0 Å². The Morgan fingerprint density at radius 1 is 1.41 bits per heavy atom. The summed E-state index contributed by atoms with van der Waals surface area (Å²) in [6.45, 7) is 3.88. The summed E-state index contributed by atoms with van der Waals surface area (Å²) in [4.78, 5) is 17.3. The van der Waals surface area contributed by atoms with E-state index < -0.39 is 5.82 Å². The zero-order valence-corrected chi connectivity index (χ0v) is 15.5. The molecule has 0 aliphatic heterocycles. The standard InChI is InChI=1S/C20H21FN4O2/c1-11-9-17(14-5-4-6-16(21)18(14)27-3)24-19-15(10-22-25(11)19)20(26)23-12(2)13-7-8-13/h4-6,9-10,12-13H,7-8H2,1-3H3,(H,23,26)/t12-/m0/s1. The fourth-order valence-corrected chi connectivity index (χ4v) is 3.33. The van der Waals surface area contributed by atoms with E-state index >= 15 is 0 Å². The first-order valence-corrected chi connectivity index (χ1v) is 8.98. The number of fused-ring (bicyclic) bond motifs is 1. The Bertz CT molecular complexity index is 1030. The van der Waals surface area contributed by atoms with Gasteiger partial charge in [-0.3, -0.25) is 4.79 Å². The van der Waals surface area contributed by atoms with Gasteiger partial charge in [0, 0.05) is 17.3 Å². The van der Waals surface area contributed by atoms with Crippen LogP contribution in [0.1, 0.15) is 35.8 Å². The van der Waals surface area contributed by atoms with Gasteiger partial charge in [0.15, 0.2) is 17.2 Å². The molecule has 2 aromatic heterocycles. The summed E-state index contributed by atoms with van der Waals surface area (Å²) in [5.74, 6) is 0.0259. The number of aromatic nitrogens is 3. The van der Waals surface area contributed by atoms with Crippen molar-refractivity contribution in [3.05, 3.63) is 47.5 Å². The van der Waals surface area contributed by atoms with E-state index in [1.807, 2.05) is 13.8 Å². The van der Waals surface area contributed by atoms with Crippen molar-refractivity contribution in [2.45, 2.75) is 32.7 Å². The van der Waals surface area contributed by atoms with E-state index in [0.29, 0.717) is 28.4 Å². The quantitative estimate of drug-likeness (QED) is 0.750. The number of methoxy groups -OCH3 is 1. The third-order valence-corrected chi connectivity index (χ3v) is 5.03. The number of ether oxygens (including phenoxy) is 1. The predicted molar refractivity (Wildman–Crippen MR) is 99.3 cm³/mol. The Morgan fingerprint density at radius 3 is 2.89 bits per heavy atom. The molecule has 1 atom stereocenters. The summed E-state index contributed by atoms with van der Waals surface area (Å²) in [7, 11) is 1.42. The average Bonchev–Trinajstić information content (AvgIpc) is 3.40. The highest BCUT2D eigenvalue weighted by Gasteiger charge is 2.30. The van der Waals surface area contributed by atoms with Crippen LogP contribution in [0, 0.1) is 18.7 Å². The third-order valence-electron chi connectivity index (χ3n) is 5.03. The van der Waals surface area contributed by atoms with E-state index in [1.54, 1.807) is 22.7 Å². The molecule has 1 fully saturated rings. The van der Waals surface area contributed by atoms with Crippen LogP contribution in [0.25, 0.3) is 16.9 Å². The predicted octanol–water partition coefficient (Wildman–Crippen LogP) is 3.38. The molecule has 27 heavy (non-hydrogen) atoms. The van der Waals surface area contributed by atoms with Gasteiger partial charge in [-0.15, -0.1) is 0 Å². The molecule has 1 aliphatic carbocycles. The Hall–Kier alpha value is -2.96. The Kier molecular flexibility index (Phi) is 4.30. The molecule has 2 heterocycles. The largest absolute Gasteiger partial charge is 0.493 e. The first kappa shape index (κ1) is 17.5. The molecule has 1 N–H and O–H groups in total. The lowest BCUT2D eigenvalue weighted by atomic mass is 10.1. The molecule has 6 nitrogen and oxygen atoms in total. The number of aryl methyl sites for hydroxylation is 1. The maximum Gasteiger partial charge on any atom is 0.256 e. The number of carbonyl (C=O) groups excluding carboxylic acids is 1. The third kappa shape index (κ3) is 3.13. The number of benzene rings is 1. The lowest BCUT2D eigenvalue weighted by Gasteiger charge is -2.13. The minimum atomic E-state index is -0.459. The molecular formula is C20H21FN4O2. The highest BCUT2D eigenvalue weighted by atomic mass is 19.1. The number of rotatable bonds is 5. The number of para-hydroxylation sites is 1. The Morgan fingerprint density at radius 2 is 2.19 bits per heavy atom.